The zero-order valence-electron chi connectivity index (χ0n) is 13.1. The number of aromatic nitrogens is 2. The second kappa shape index (κ2) is 6.80. The van der Waals surface area contributed by atoms with Crippen LogP contribution in [0.5, 0.6) is 5.75 Å². The number of halogens is 2. The van der Waals surface area contributed by atoms with Crippen molar-refractivity contribution in [2.24, 2.45) is 5.73 Å². The van der Waals surface area contributed by atoms with E-state index >= 15 is 0 Å². The predicted molar refractivity (Wildman–Crippen MR) is 87.8 cm³/mol. The van der Waals surface area contributed by atoms with E-state index in [1.165, 1.54) is 25.3 Å². The minimum absolute atomic E-state index is 0.186. The summed E-state index contributed by atoms with van der Waals surface area (Å²) in [5.41, 5.74) is 8.83. The summed E-state index contributed by atoms with van der Waals surface area (Å²) in [6.07, 6.45) is 0. The van der Waals surface area contributed by atoms with Crippen molar-refractivity contribution >= 4 is 0 Å². The Hall–Kier alpha value is -2.73. The van der Waals surface area contributed by atoms with Crippen LogP contribution in [0.25, 0.3) is 11.3 Å². The maximum absolute atomic E-state index is 13.9. The number of nitrogens with two attached hydrogens (primary N) is 1. The van der Waals surface area contributed by atoms with E-state index in [0.29, 0.717) is 5.69 Å². The van der Waals surface area contributed by atoms with Crippen LogP contribution in [0.2, 0.25) is 0 Å². The molecule has 3 rings (SSSR count). The van der Waals surface area contributed by atoms with Crippen molar-refractivity contribution in [1.82, 2.24) is 10.2 Å². The second-order valence-electron chi connectivity index (χ2n) is 5.40. The predicted octanol–water partition coefficient (Wildman–Crippen LogP) is 3.45. The molecule has 0 spiro atoms. The lowest BCUT2D eigenvalue weighted by molar-refractivity contribution is 0.386. The molecule has 1 aromatic heterocycles. The van der Waals surface area contributed by atoms with Crippen molar-refractivity contribution in [3.63, 3.8) is 0 Å². The zero-order chi connectivity index (χ0) is 17.1. The van der Waals surface area contributed by atoms with E-state index in [4.69, 9.17) is 10.5 Å². The molecular weight excluding hydrogens is 312 g/mol. The molecule has 124 valence electrons. The van der Waals surface area contributed by atoms with Crippen LogP contribution in [0.15, 0.2) is 48.5 Å². The molecule has 3 N–H and O–H groups in total. The number of hydrogen-bond donors (Lipinski definition) is 2. The van der Waals surface area contributed by atoms with E-state index in [0.717, 1.165) is 16.8 Å². The molecule has 1 heterocycles. The van der Waals surface area contributed by atoms with Crippen LogP contribution in [0.3, 0.4) is 0 Å². The maximum atomic E-state index is 13.9. The number of hydrogen-bond acceptors (Lipinski definition) is 3. The number of nitrogens with one attached hydrogen (secondary N) is 1. The monoisotopic (exact) mass is 329 g/mol. The van der Waals surface area contributed by atoms with Crippen molar-refractivity contribution in [3.05, 3.63) is 71.4 Å². The van der Waals surface area contributed by atoms with Crippen molar-refractivity contribution < 1.29 is 13.5 Å². The van der Waals surface area contributed by atoms with E-state index in [1.807, 2.05) is 6.07 Å². The van der Waals surface area contributed by atoms with Gasteiger partial charge in [0.15, 0.2) is 11.6 Å². The van der Waals surface area contributed by atoms with Crippen molar-refractivity contribution in [2.45, 2.75) is 5.92 Å². The average Bonchev–Trinajstić information content (AvgIpc) is 3.06. The molecular formula is C18H17F2N3O. The first-order valence-corrected chi connectivity index (χ1v) is 7.47. The molecule has 1 unspecified atom stereocenters. The van der Waals surface area contributed by atoms with Crippen molar-refractivity contribution in [1.29, 1.82) is 0 Å². The number of ether oxygens (including phenoxy) is 1. The van der Waals surface area contributed by atoms with Gasteiger partial charge < -0.3 is 10.5 Å². The largest absolute Gasteiger partial charge is 0.494 e. The SMILES string of the molecule is COc1ccc(C(CN)c2cc(-c3ccc(F)cc3)n[nH]2)cc1F. The summed E-state index contributed by atoms with van der Waals surface area (Å²) >= 11 is 0. The van der Waals surface area contributed by atoms with Crippen LogP contribution in [0.4, 0.5) is 8.78 Å². The van der Waals surface area contributed by atoms with Crippen LogP contribution in [0.1, 0.15) is 17.2 Å². The Morgan fingerprint density at radius 2 is 1.88 bits per heavy atom. The van der Waals surface area contributed by atoms with Crippen LogP contribution in [-0.2, 0) is 0 Å². The minimum atomic E-state index is -0.438. The van der Waals surface area contributed by atoms with E-state index in [9.17, 15) is 8.78 Å². The molecule has 1 atom stereocenters. The highest BCUT2D eigenvalue weighted by Gasteiger charge is 2.18. The van der Waals surface area contributed by atoms with Gasteiger partial charge in [-0.2, -0.15) is 5.10 Å². The highest BCUT2D eigenvalue weighted by atomic mass is 19.1. The third-order valence-electron chi connectivity index (χ3n) is 3.93. The summed E-state index contributed by atoms with van der Waals surface area (Å²) in [4.78, 5) is 0. The van der Waals surface area contributed by atoms with E-state index < -0.39 is 5.82 Å². The van der Waals surface area contributed by atoms with Crippen LogP contribution < -0.4 is 10.5 Å². The molecule has 6 heteroatoms. The van der Waals surface area contributed by atoms with Gasteiger partial charge in [0.1, 0.15) is 5.82 Å². The summed E-state index contributed by atoms with van der Waals surface area (Å²) in [6, 6.07) is 12.7. The fourth-order valence-corrected chi connectivity index (χ4v) is 2.63. The topological polar surface area (TPSA) is 63.9 Å². The van der Waals surface area contributed by atoms with Gasteiger partial charge in [-0.05, 0) is 48.0 Å². The molecule has 0 saturated heterocycles. The molecule has 0 aliphatic heterocycles. The first kappa shape index (κ1) is 16.1. The molecule has 4 nitrogen and oxygen atoms in total. The fourth-order valence-electron chi connectivity index (χ4n) is 2.63. The Bertz CT molecular complexity index is 831. The Kier molecular flexibility index (Phi) is 4.57. The Balaban J connectivity index is 1.91. The number of benzene rings is 2. The van der Waals surface area contributed by atoms with Gasteiger partial charge >= 0.3 is 0 Å². The van der Waals surface area contributed by atoms with E-state index in [-0.39, 0.29) is 24.0 Å². The summed E-state index contributed by atoms with van der Waals surface area (Å²) < 4.78 is 31.9. The normalized spacial score (nSPS) is 12.2. The molecule has 24 heavy (non-hydrogen) atoms. The Labute approximate surface area is 138 Å². The molecule has 0 fully saturated rings. The Morgan fingerprint density at radius 1 is 1.12 bits per heavy atom. The molecule has 0 saturated carbocycles. The number of H-pyrrole nitrogens is 1. The van der Waals surface area contributed by atoms with Crippen LogP contribution in [-0.4, -0.2) is 23.9 Å². The molecule has 0 bridgehead atoms. The van der Waals surface area contributed by atoms with Crippen LogP contribution in [0, 0.1) is 11.6 Å². The highest BCUT2D eigenvalue weighted by molar-refractivity contribution is 5.59. The highest BCUT2D eigenvalue weighted by Crippen LogP contribution is 2.28. The van der Waals surface area contributed by atoms with Gasteiger partial charge in [0.25, 0.3) is 0 Å². The van der Waals surface area contributed by atoms with E-state index in [2.05, 4.69) is 10.2 Å². The van der Waals surface area contributed by atoms with Gasteiger partial charge in [-0.25, -0.2) is 8.78 Å². The third-order valence-corrected chi connectivity index (χ3v) is 3.93. The van der Waals surface area contributed by atoms with Gasteiger partial charge in [-0.15, -0.1) is 0 Å². The molecule has 3 aromatic rings. The fraction of sp³-hybridized carbons (Fsp3) is 0.167. The summed E-state index contributed by atoms with van der Waals surface area (Å²) in [7, 11) is 1.42. The molecule has 2 aromatic carbocycles. The zero-order valence-corrected chi connectivity index (χ0v) is 13.1. The standard InChI is InChI=1S/C18H17F2N3O/c1-24-18-7-4-12(8-15(18)20)14(10-21)17-9-16(22-23-17)11-2-5-13(19)6-3-11/h2-9,14H,10,21H2,1H3,(H,22,23). The lowest BCUT2D eigenvalue weighted by Crippen LogP contribution is -2.14. The number of rotatable bonds is 5. The third kappa shape index (κ3) is 3.14. The summed E-state index contributed by atoms with van der Waals surface area (Å²) in [5.74, 6) is -0.784. The minimum Gasteiger partial charge on any atom is -0.494 e. The van der Waals surface area contributed by atoms with Gasteiger partial charge in [0.05, 0.1) is 12.8 Å². The second-order valence-corrected chi connectivity index (χ2v) is 5.40. The van der Waals surface area contributed by atoms with Crippen LogP contribution >= 0.6 is 0 Å². The smallest absolute Gasteiger partial charge is 0.165 e. The lowest BCUT2D eigenvalue weighted by atomic mass is 9.95. The van der Waals surface area contributed by atoms with Gasteiger partial charge in [0, 0.05) is 23.7 Å². The Morgan fingerprint density at radius 3 is 2.50 bits per heavy atom. The maximum Gasteiger partial charge on any atom is 0.165 e. The van der Waals surface area contributed by atoms with Gasteiger partial charge in [-0.3, -0.25) is 5.10 Å². The average molecular weight is 329 g/mol. The quantitative estimate of drug-likeness (QED) is 0.753. The number of aromatic amines is 1. The molecule has 0 aliphatic rings. The van der Waals surface area contributed by atoms with Crippen molar-refractivity contribution in [2.75, 3.05) is 13.7 Å². The molecule has 0 aliphatic carbocycles. The molecule has 0 amide bonds. The number of methoxy groups -OCH3 is 1. The summed E-state index contributed by atoms with van der Waals surface area (Å²) in [5, 5.41) is 7.18. The van der Waals surface area contributed by atoms with E-state index in [1.54, 1.807) is 24.3 Å². The summed E-state index contributed by atoms with van der Waals surface area (Å²) in [6.45, 7) is 0.289. The van der Waals surface area contributed by atoms with Gasteiger partial charge in [-0.1, -0.05) is 6.07 Å². The number of nitrogens with zero attached hydrogens (tertiary/aromatic N) is 1. The first-order chi connectivity index (χ1) is 11.6. The van der Waals surface area contributed by atoms with Crippen molar-refractivity contribution in [3.8, 4) is 17.0 Å². The molecule has 0 radical (unpaired) electrons. The first-order valence-electron chi connectivity index (χ1n) is 7.47. The van der Waals surface area contributed by atoms with Gasteiger partial charge in [0.2, 0.25) is 0 Å². The lowest BCUT2D eigenvalue weighted by Gasteiger charge is -2.14.